The summed E-state index contributed by atoms with van der Waals surface area (Å²) in [4.78, 5) is 38.5. The number of carboxylic acid groups (broad SMARTS) is 4. The average Bonchev–Trinajstić information content (AvgIpc) is 2.35. The number of aliphatic carboxylic acids is 4. The summed E-state index contributed by atoms with van der Waals surface area (Å²) < 4.78 is 0. The fourth-order valence-corrected chi connectivity index (χ4v) is 0.516. The summed E-state index contributed by atoms with van der Waals surface area (Å²) in [5.41, 5.74) is 0. The van der Waals surface area contributed by atoms with Gasteiger partial charge in [-0.15, -0.1) is 0 Å². The van der Waals surface area contributed by atoms with Crippen molar-refractivity contribution < 1.29 is 60.0 Å². The maximum Gasteiger partial charge on any atom is 2.00 e. The van der Waals surface area contributed by atoms with Crippen LogP contribution in [0.25, 0.3) is 0 Å². The van der Waals surface area contributed by atoms with Gasteiger partial charge in [0, 0.05) is 0 Å². The second kappa shape index (κ2) is 11.6. The minimum Gasteiger partial charge on any atom is -0.547 e. The maximum atomic E-state index is 9.63. The first-order valence-corrected chi connectivity index (χ1v) is 4.49. The third-order valence-corrected chi connectivity index (χ3v) is 1.56. The van der Waals surface area contributed by atoms with Crippen LogP contribution in [0.3, 0.4) is 0 Å². The van der Waals surface area contributed by atoms with Gasteiger partial charge in [0.2, 0.25) is 0 Å². The molecule has 0 spiro atoms. The molecule has 0 aromatic heterocycles. The van der Waals surface area contributed by atoms with Crippen LogP contribution in [-0.2, 0) is 19.2 Å². The van der Waals surface area contributed by atoms with E-state index >= 15 is 0 Å². The molecule has 0 amide bonds. The van der Waals surface area contributed by atoms with E-state index < -0.39 is 48.3 Å². The van der Waals surface area contributed by atoms with Crippen molar-refractivity contribution >= 4 is 61.6 Å². The molecule has 0 fully saturated rings. The van der Waals surface area contributed by atoms with Gasteiger partial charge >= 0.3 is 37.7 Å². The van der Waals surface area contributed by atoms with Crippen molar-refractivity contribution in [1.82, 2.24) is 0 Å². The van der Waals surface area contributed by atoms with Crippen LogP contribution >= 0.6 is 0 Å². The van der Waals surface area contributed by atoms with Crippen molar-refractivity contribution in [3.8, 4) is 0 Å². The standard InChI is InChI=1S/2C4H6O6.Ca/c2*5-1(3(7)8)2(6)4(9)10;/h2*1-2,5-6H,(H,7,8)(H,9,10);/q;;+2/p-4. The van der Waals surface area contributed by atoms with Crippen molar-refractivity contribution in [2.45, 2.75) is 24.4 Å². The van der Waals surface area contributed by atoms with Crippen LogP contribution in [0.2, 0.25) is 0 Å². The monoisotopic (exact) mass is 336 g/mol. The largest absolute Gasteiger partial charge is 2.00 e. The van der Waals surface area contributed by atoms with Gasteiger partial charge in [0.05, 0.1) is 23.9 Å². The second-order valence-corrected chi connectivity index (χ2v) is 3.06. The predicted octanol–water partition coefficient (Wildman–Crippen LogP) is -9.96. The van der Waals surface area contributed by atoms with Crippen LogP contribution in [0.4, 0.5) is 0 Å². The van der Waals surface area contributed by atoms with E-state index in [1.807, 2.05) is 0 Å². The molecule has 4 N–H and O–H groups in total. The molecule has 12 nitrogen and oxygen atoms in total. The SMILES string of the molecule is O=C([O-])C(O)C(O)C(=O)[O-].O=C([O-])C(O)C(O)C(=O)[O-].[Ca+2]. The molecule has 4 unspecified atom stereocenters. The zero-order valence-electron chi connectivity index (χ0n) is 10.1. The van der Waals surface area contributed by atoms with Crippen LogP contribution in [0, 0.1) is 0 Å². The molecule has 13 heteroatoms. The molecule has 0 aromatic carbocycles. The molecule has 0 saturated carbocycles. The van der Waals surface area contributed by atoms with Gasteiger partial charge < -0.3 is 60.0 Å². The third-order valence-electron chi connectivity index (χ3n) is 1.56. The molecular formula is C8H8CaO12-2. The van der Waals surface area contributed by atoms with Gasteiger partial charge in [-0.3, -0.25) is 0 Å². The summed E-state index contributed by atoms with van der Waals surface area (Å²) in [5, 5.41) is 71.5. The van der Waals surface area contributed by atoms with Crippen molar-refractivity contribution in [2.75, 3.05) is 0 Å². The minimum atomic E-state index is -2.44. The minimum absolute atomic E-state index is 0. The van der Waals surface area contributed by atoms with Crippen molar-refractivity contribution in [2.24, 2.45) is 0 Å². The van der Waals surface area contributed by atoms with E-state index in [0.29, 0.717) is 0 Å². The molecular weight excluding hydrogens is 328 g/mol. The number of hydrogen-bond acceptors (Lipinski definition) is 12. The summed E-state index contributed by atoms with van der Waals surface area (Å²) in [7, 11) is 0. The average molecular weight is 336 g/mol. The van der Waals surface area contributed by atoms with E-state index in [4.69, 9.17) is 20.4 Å². The number of carbonyl (C=O) groups is 4. The van der Waals surface area contributed by atoms with E-state index in [0.717, 1.165) is 0 Å². The number of carboxylic acids is 4. The third kappa shape index (κ3) is 10.4. The molecule has 0 aliphatic heterocycles. The Morgan fingerprint density at radius 3 is 0.667 bits per heavy atom. The molecule has 0 aromatic rings. The van der Waals surface area contributed by atoms with Gasteiger partial charge in [0.25, 0.3) is 0 Å². The molecule has 0 aliphatic carbocycles. The normalized spacial score (nSPS) is 15.0. The molecule has 0 rings (SSSR count). The Hall–Kier alpha value is -1.02. The van der Waals surface area contributed by atoms with Crippen molar-refractivity contribution in [1.29, 1.82) is 0 Å². The maximum absolute atomic E-state index is 9.63. The zero-order valence-corrected chi connectivity index (χ0v) is 12.3. The van der Waals surface area contributed by atoms with Gasteiger partial charge in [-0.25, -0.2) is 0 Å². The molecule has 4 atom stereocenters. The first-order valence-electron chi connectivity index (χ1n) is 4.49. The van der Waals surface area contributed by atoms with Crippen molar-refractivity contribution in [3.63, 3.8) is 0 Å². The number of aliphatic hydroxyl groups is 4. The molecule has 116 valence electrons. The topological polar surface area (TPSA) is 241 Å². The fraction of sp³-hybridized carbons (Fsp3) is 0.500. The van der Waals surface area contributed by atoms with Gasteiger partial charge in [-0.1, -0.05) is 0 Å². The Balaban J connectivity index is -0.000000295. The van der Waals surface area contributed by atoms with E-state index in [9.17, 15) is 39.6 Å². The molecule has 0 radical (unpaired) electrons. The van der Waals surface area contributed by atoms with Gasteiger partial charge in [-0.05, 0) is 0 Å². The molecule has 0 aliphatic rings. The Kier molecular flexibility index (Phi) is 13.8. The first-order chi connectivity index (χ1) is 8.93. The van der Waals surface area contributed by atoms with Gasteiger partial charge in [-0.2, -0.15) is 0 Å². The quantitative estimate of drug-likeness (QED) is 0.330. The predicted molar refractivity (Wildman–Crippen MR) is 49.8 cm³/mol. The van der Waals surface area contributed by atoms with Crippen LogP contribution < -0.4 is 20.4 Å². The van der Waals surface area contributed by atoms with Crippen LogP contribution in [0.15, 0.2) is 0 Å². The Morgan fingerprint density at radius 1 is 0.524 bits per heavy atom. The smallest absolute Gasteiger partial charge is 0.547 e. The zero-order chi connectivity index (χ0) is 16.6. The number of carbonyl (C=O) groups excluding carboxylic acids is 4. The molecule has 0 heterocycles. The Labute approximate surface area is 145 Å². The summed E-state index contributed by atoms with van der Waals surface area (Å²) in [6.45, 7) is 0. The van der Waals surface area contributed by atoms with Crippen LogP contribution in [0.5, 0.6) is 0 Å². The van der Waals surface area contributed by atoms with E-state index in [1.54, 1.807) is 0 Å². The first kappa shape index (κ1) is 25.0. The summed E-state index contributed by atoms with van der Waals surface area (Å²) in [6, 6.07) is 0. The number of aliphatic hydroxyl groups excluding tert-OH is 4. The molecule has 0 bridgehead atoms. The fourth-order valence-electron chi connectivity index (χ4n) is 0.516. The Bertz CT molecular complexity index is 309. The molecule has 0 saturated heterocycles. The van der Waals surface area contributed by atoms with E-state index in [2.05, 4.69) is 0 Å². The number of hydrogen-bond donors (Lipinski definition) is 4. The second-order valence-electron chi connectivity index (χ2n) is 3.06. The summed E-state index contributed by atoms with van der Waals surface area (Å²) in [6.07, 6.45) is -9.76. The van der Waals surface area contributed by atoms with Gasteiger partial charge in [0.15, 0.2) is 0 Å². The summed E-state index contributed by atoms with van der Waals surface area (Å²) in [5.74, 6) is -8.23. The van der Waals surface area contributed by atoms with Gasteiger partial charge in [0.1, 0.15) is 24.4 Å². The summed E-state index contributed by atoms with van der Waals surface area (Å²) >= 11 is 0. The van der Waals surface area contributed by atoms with E-state index in [1.165, 1.54) is 0 Å². The van der Waals surface area contributed by atoms with E-state index in [-0.39, 0.29) is 37.7 Å². The number of rotatable bonds is 6. The van der Waals surface area contributed by atoms with Crippen LogP contribution in [0.1, 0.15) is 0 Å². The molecule has 21 heavy (non-hydrogen) atoms. The van der Waals surface area contributed by atoms with Crippen LogP contribution in [-0.4, -0.2) is 106 Å². The van der Waals surface area contributed by atoms with Crippen molar-refractivity contribution in [3.05, 3.63) is 0 Å². The Morgan fingerprint density at radius 2 is 0.619 bits per heavy atom.